The monoisotopic (exact) mass is 488 g/mol. The standard InChI is InChI=1S/C26H37FN4O4/c1-5-18(12-25(32)33)20-13-22(28-26(34)29-24-11-17(4)30-35-24)23(14-21(20)27)31(15-16(2)3)19-9-7-6-8-10-19/h11,13-14,16,18-19H,5-10,12,15H2,1-4H3,(H,32,33)(H2,28,29,34). The second-order valence-electron chi connectivity index (χ2n) is 9.84. The molecule has 1 aliphatic carbocycles. The van der Waals surface area contributed by atoms with Crippen LogP contribution >= 0.6 is 0 Å². The molecule has 2 aromatic rings. The first-order valence-electron chi connectivity index (χ1n) is 12.5. The Balaban J connectivity index is 2.02. The minimum absolute atomic E-state index is 0.186. The highest BCUT2D eigenvalue weighted by Gasteiger charge is 2.28. The lowest BCUT2D eigenvalue weighted by molar-refractivity contribution is -0.137. The largest absolute Gasteiger partial charge is 0.481 e. The highest BCUT2D eigenvalue weighted by atomic mass is 19.1. The van der Waals surface area contributed by atoms with Gasteiger partial charge in [-0.2, -0.15) is 0 Å². The predicted octanol–water partition coefficient (Wildman–Crippen LogP) is 6.53. The Morgan fingerprint density at radius 2 is 1.91 bits per heavy atom. The molecular weight excluding hydrogens is 451 g/mol. The minimum Gasteiger partial charge on any atom is -0.481 e. The van der Waals surface area contributed by atoms with Gasteiger partial charge < -0.3 is 19.8 Å². The van der Waals surface area contributed by atoms with Crippen LogP contribution in [0.4, 0.5) is 26.4 Å². The first-order valence-corrected chi connectivity index (χ1v) is 12.5. The smallest absolute Gasteiger partial charge is 0.326 e. The summed E-state index contributed by atoms with van der Waals surface area (Å²) in [7, 11) is 0. The molecule has 1 aliphatic rings. The van der Waals surface area contributed by atoms with Crippen LogP contribution in [0.15, 0.2) is 22.7 Å². The molecular formula is C26H37FN4O4. The zero-order chi connectivity index (χ0) is 25.5. The van der Waals surface area contributed by atoms with E-state index in [0.29, 0.717) is 36.0 Å². The maximum absolute atomic E-state index is 15.5. The lowest BCUT2D eigenvalue weighted by Gasteiger charge is -2.38. The lowest BCUT2D eigenvalue weighted by Crippen LogP contribution is -2.40. The van der Waals surface area contributed by atoms with Crippen molar-refractivity contribution >= 4 is 29.3 Å². The van der Waals surface area contributed by atoms with Crippen LogP contribution in [-0.4, -0.2) is 34.9 Å². The van der Waals surface area contributed by atoms with Gasteiger partial charge in [-0.1, -0.05) is 45.2 Å². The molecule has 0 bridgehead atoms. The maximum Gasteiger partial charge on any atom is 0.326 e. The number of rotatable bonds is 10. The summed E-state index contributed by atoms with van der Waals surface area (Å²) in [6.45, 7) is 8.53. The molecule has 1 fully saturated rings. The Morgan fingerprint density at radius 3 is 2.49 bits per heavy atom. The molecule has 1 aromatic heterocycles. The number of carboxylic acid groups (broad SMARTS) is 1. The first-order chi connectivity index (χ1) is 16.7. The number of amides is 2. The van der Waals surface area contributed by atoms with Gasteiger partial charge in [-0.25, -0.2) is 9.18 Å². The van der Waals surface area contributed by atoms with Gasteiger partial charge in [-0.15, -0.1) is 0 Å². The van der Waals surface area contributed by atoms with Crippen LogP contribution in [0.2, 0.25) is 0 Å². The molecule has 0 saturated heterocycles. The average Bonchev–Trinajstić information content (AvgIpc) is 3.21. The summed E-state index contributed by atoms with van der Waals surface area (Å²) >= 11 is 0. The van der Waals surface area contributed by atoms with Crippen LogP contribution in [0.5, 0.6) is 0 Å². The molecule has 1 atom stereocenters. The SMILES string of the molecule is CCC(CC(=O)O)c1cc(NC(=O)Nc2cc(C)no2)c(N(CC(C)C)C2CCCCC2)cc1F. The quantitative estimate of drug-likeness (QED) is 0.351. The molecule has 2 amide bonds. The molecule has 3 rings (SSSR count). The molecule has 9 heteroatoms. The number of halogens is 1. The summed E-state index contributed by atoms with van der Waals surface area (Å²) in [5.41, 5.74) is 1.98. The second-order valence-corrected chi connectivity index (χ2v) is 9.84. The fourth-order valence-corrected chi connectivity index (χ4v) is 4.83. The fourth-order valence-electron chi connectivity index (χ4n) is 4.83. The third kappa shape index (κ3) is 7.19. The van der Waals surface area contributed by atoms with Gasteiger partial charge in [0, 0.05) is 18.7 Å². The van der Waals surface area contributed by atoms with Crippen LogP contribution in [0.25, 0.3) is 0 Å². The second kappa shape index (κ2) is 12.0. The van der Waals surface area contributed by atoms with Crippen molar-refractivity contribution in [2.45, 2.75) is 84.6 Å². The topological polar surface area (TPSA) is 108 Å². The Bertz CT molecular complexity index is 1020. The zero-order valence-corrected chi connectivity index (χ0v) is 21.1. The fraction of sp³-hybridized carbons (Fsp3) is 0.577. The van der Waals surface area contributed by atoms with E-state index in [0.717, 1.165) is 25.7 Å². The number of carbonyl (C=O) groups is 2. The molecule has 0 spiro atoms. The van der Waals surface area contributed by atoms with Crippen LogP contribution in [0, 0.1) is 18.7 Å². The molecule has 192 valence electrons. The van der Waals surface area contributed by atoms with Crippen LogP contribution in [0.1, 0.15) is 82.9 Å². The van der Waals surface area contributed by atoms with E-state index in [1.165, 1.54) is 12.5 Å². The molecule has 1 aromatic carbocycles. The van der Waals surface area contributed by atoms with E-state index in [4.69, 9.17) is 4.52 Å². The van der Waals surface area contributed by atoms with Gasteiger partial charge in [0.15, 0.2) is 0 Å². The molecule has 35 heavy (non-hydrogen) atoms. The first kappa shape index (κ1) is 26.5. The van der Waals surface area contributed by atoms with Gasteiger partial charge in [-0.05, 0) is 55.7 Å². The van der Waals surface area contributed by atoms with E-state index in [1.807, 2.05) is 6.92 Å². The van der Waals surface area contributed by atoms with Gasteiger partial charge in [0.1, 0.15) is 5.82 Å². The Morgan fingerprint density at radius 1 is 1.20 bits per heavy atom. The lowest BCUT2D eigenvalue weighted by atomic mass is 9.90. The number of aryl methyl sites for hydroxylation is 1. The Hall–Kier alpha value is -3.10. The van der Waals surface area contributed by atoms with Crippen molar-refractivity contribution in [2.24, 2.45) is 5.92 Å². The summed E-state index contributed by atoms with van der Waals surface area (Å²) in [5, 5.41) is 18.6. The van der Waals surface area contributed by atoms with Gasteiger partial charge in [0.05, 0.1) is 23.5 Å². The number of hydrogen-bond acceptors (Lipinski definition) is 5. The number of urea groups is 1. The highest BCUT2D eigenvalue weighted by molar-refractivity contribution is 6.01. The number of carbonyl (C=O) groups excluding carboxylic acids is 1. The van der Waals surface area contributed by atoms with Crippen molar-refractivity contribution in [1.82, 2.24) is 5.16 Å². The van der Waals surface area contributed by atoms with Gasteiger partial charge in [-0.3, -0.25) is 10.1 Å². The molecule has 0 radical (unpaired) electrons. The van der Waals surface area contributed by atoms with Gasteiger partial charge in [0.2, 0.25) is 5.88 Å². The summed E-state index contributed by atoms with van der Waals surface area (Å²) in [6, 6.07) is 4.37. The summed E-state index contributed by atoms with van der Waals surface area (Å²) in [4.78, 5) is 26.5. The Kier molecular flexibility index (Phi) is 9.12. The minimum atomic E-state index is -0.989. The van der Waals surface area contributed by atoms with Crippen molar-refractivity contribution in [2.75, 3.05) is 22.1 Å². The molecule has 8 nitrogen and oxygen atoms in total. The number of nitrogens with one attached hydrogen (secondary N) is 2. The predicted molar refractivity (Wildman–Crippen MR) is 135 cm³/mol. The number of benzene rings is 1. The van der Waals surface area contributed by atoms with Crippen molar-refractivity contribution in [1.29, 1.82) is 0 Å². The molecule has 1 heterocycles. The van der Waals surface area contributed by atoms with Crippen molar-refractivity contribution < 1.29 is 23.6 Å². The summed E-state index contributed by atoms with van der Waals surface area (Å²) in [5.74, 6) is -1.41. The van der Waals surface area contributed by atoms with Gasteiger partial charge >= 0.3 is 12.0 Å². The van der Waals surface area contributed by atoms with E-state index >= 15 is 4.39 Å². The average molecular weight is 489 g/mol. The number of anilines is 3. The van der Waals surface area contributed by atoms with E-state index < -0.39 is 23.7 Å². The van der Waals surface area contributed by atoms with E-state index in [1.54, 1.807) is 19.1 Å². The molecule has 0 aliphatic heterocycles. The molecule has 3 N–H and O–H groups in total. The normalized spacial score (nSPS) is 15.1. The van der Waals surface area contributed by atoms with Crippen molar-refractivity contribution in [3.63, 3.8) is 0 Å². The Labute approximate surface area is 206 Å². The number of carboxylic acids is 1. The number of aliphatic carboxylic acids is 1. The van der Waals surface area contributed by atoms with Crippen molar-refractivity contribution in [3.8, 4) is 0 Å². The molecule has 1 unspecified atom stereocenters. The third-order valence-corrected chi connectivity index (χ3v) is 6.47. The maximum atomic E-state index is 15.5. The van der Waals surface area contributed by atoms with Crippen LogP contribution < -0.4 is 15.5 Å². The number of nitrogens with zero attached hydrogens (tertiary/aromatic N) is 2. The summed E-state index contributed by atoms with van der Waals surface area (Å²) < 4.78 is 20.6. The molecule has 1 saturated carbocycles. The van der Waals surface area contributed by atoms with Crippen LogP contribution in [0.3, 0.4) is 0 Å². The summed E-state index contributed by atoms with van der Waals surface area (Å²) in [6.07, 6.45) is 5.72. The van der Waals surface area contributed by atoms with Crippen LogP contribution in [-0.2, 0) is 4.79 Å². The zero-order valence-electron chi connectivity index (χ0n) is 21.1. The number of aromatic nitrogens is 1. The van der Waals surface area contributed by atoms with Gasteiger partial charge in [0.25, 0.3) is 0 Å². The third-order valence-electron chi connectivity index (χ3n) is 6.47. The van der Waals surface area contributed by atoms with E-state index in [2.05, 4.69) is 34.5 Å². The number of hydrogen-bond donors (Lipinski definition) is 3. The highest BCUT2D eigenvalue weighted by Crippen LogP contribution is 2.38. The van der Waals surface area contributed by atoms with E-state index in [9.17, 15) is 14.7 Å². The van der Waals surface area contributed by atoms with Crippen molar-refractivity contribution in [3.05, 3.63) is 35.3 Å². The van der Waals surface area contributed by atoms with E-state index in [-0.39, 0.29) is 23.9 Å².